The Bertz CT molecular complexity index is 2660. The van der Waals surface area contributed by atoms with E-state index in [1.165, 1.54) is 92.2 Å². The number of aromatic nitrogens is 1. The molecule has 0 unspecified atom stereocenters. The molecule has 0 aliphatic carbocycles. The second-order valence-electron chi connectivity index (χ2n) is 12.1. The first-order chi connectivity index (χ1) is 22.8. The normalized spacial score (nSPS) is 12.3. The zero-order valence-corrected chi connectivity index (χ0v) is 25.8. The average Bonchev–Trinajstić information content (AvgIpc) is 3.44. The van der Waals surface area contributed by atoms with Crippen LogP contribution in [0.4, 0.5) is 0 Å². The maximum absolute atomic E-state index is 2.42. The first-order valence-electron chi connectivity index (χ1n) is 15.8. The topological polar surface area (TPSA) is 4.93 Å². The van der Waals surface area contributed by atoms with Gasteiger partial charge in [-0.15, -0.1) is 0 Å². The van der Waals surface area contributed by atoms with Gasteiger partial charge in [-0.1, -0.05) is 133 Å². The van der Waals surface area contributed by atoms with Crippen LogP contribution in [0.2, 0.25) is 0 Å². The van der Waals surface area contributed by atoms with Crippen LogP contribution in [0, 0.1) is 0 Å². The molecule has 0 bridgehead atoms. The summed E-state index contributed by atoms with van der Waals surface area (Å²) in [6, 6.07) is 60.2. The molecule has 46 heavy (non-hydrogen) atoms. The SMILES string of the molecule is c1ccc(-n2c3ccccc3c3cc4c(-c5ccccc5-c5ccc6c7c(cccc57)-c5ccccc5S6)cccc4cc32)cc1. The van der Waals surface area contributed by atoms with E-state index in [9.17, 15) is 0 Å². The lowest BCUT2D eigenvalue weighted by atomic mass is 9.87. The monoisotopic (exact) mass is 601 g/mol. The second-order valence-corrected chi connectivity index (χ2v) is 13.2. The van der Waals surface area contributed by atoms with Crippen molar-refractivity contribution < 1.29 is 0 Å². The number of nitrogens with zero attached hydrogens (tertiary/aromatic N) is 1. The van der Waals surface area contributed by atoms with Crippen LogP contribution in [0.15, 0.2) is 174 Å². The Labute approximate surface area is 271 Å². The maximum Gasteiger partial charge on any atom is 0.0547 e. The van der Waals surface area contributed by atoms with Crippen LogP contribution >= 0.6 is 11.8 Å². The summed E-state index contributed by atoms with van der Waals surface area (Å²) in [5.41, 5.74) is 11.3. The van der Waals surface area contributed by atoms with Gasteiger partial charge < -0.3 is 4.57 Å². The number of para-hydroxylation sites is 2. The fraction of sp³-hybridized carbons (Fsp3) is 0. The van der Waals surface area contributed by atoms with Gasteiger partial charge in [-0.2, -0.15) is 0 Å². The van der Waals surface area contributed by atoms with E-state index >= 15 is 0 Å². The molecule has 0 amide bonds. The quantitative estimate of drug-likeness (QED) is 0.195. The van der Waals surface area contributed by atoms with Crippen molar-refractivity contribution in [3.8, 4) is 39.1 Å². The van der Waals surface area contributed by atoms with Gasteiger partial charge in [0.05, 0.1) is 11.0 Å². The highest BCUT2D eigenvalue weighted by molar-refractivity contribution is 7.99. The fourth-order valence-electron chi connectivity index (χ4n) is 7.60. The van der Waals surface area contributed by atoms with Gasteiger partial charge in [0.15, 0.2) is 0 Å². The highest BCUT2D eigenvalue weighted by atomic mass is 32.2. The molecule has 9 aromatic rings. The summed E-state index contributed by atoms with van der Waals surface area (Å²) in [5, 5.41) is 7.71. The van der Waals surface area contributed by atoms with Crippen molar-refractivity contribution >= 4 is 55.1 Å². The molecule has 0 fully saturated rings. The third-order valence-electron chi connectivity index (χ3n) is 9.59. The minimum absolute atomic E-state index is 1.18. The van der Waals surface area contributed by atoms with E-state index in [1.54, 1.807) is 0 Å². The molecule has 2 heteroatoms. The Morgan fingerprint density at radius 3 is 1.87 bits per heavy atom. The van der Waals surface area contributed by atoms with Crippen LogP contribution in [0.3, 0.4) is 0 Å². The summed E-state index contributed by atoms with van der Waals surface area (Å²) >= 11 is 1.88. The highest BCUT2D eigenvalue weighted by Gasteiger charge is 2.22. The van der Waals surface area contributed by atoms with Gasteiger partial charge in [0, 0.05) is 31.6 Å². The molecule has 8 aromatic carbocycles. The van der Waals surface area contributed by atoms with Crippen molar-refractivity contribution in [1.82, 2.24) is 4.57 Å². The van der Waals surface area contributed by atoms with Crippen molar-refractivity contribution in [2.45, 2.75) is 9.79 Å². The Balaban J connectivity index is 1.23. The van der Waals surface area contributed by atoms with Gasteiger partial charge in [0.2, 0.25) is 0 Å². The van der Waals surface area contributed by atoms with Gasteiger partial charge in [0.1, 0.15) is 0 Å². The van der Waals surface area contributed by atoms with Crippen molar-refractivity contribution in [2.75, 3.05) is 0 Å². The maximum atomic E-state index is 2.42. The summed E-state index contributed by atoms with van der Waals surface area (Å²) in [7, 11) is 0. The minimum atomic E-state index is 1.18. The molecule has 1 aromatic heterocycles. The molecule has 10 rings (SSSR count). The molecule has 0 spiro atoms. The van der Waals surface area contributed by atoms with E-state index in [2.05, 4.69) is 168 Å². The van der Waals surface area contributed by atoms with E-state index in [0.717, 1.165) is 0 Å². The third kappa shape index (κ3) is 3.71. The number of fused-ring (bicyclic) bond motifs is 6. The molecule has 0 saturated carbocycles. The van der Waals surface area contributed by atoms with Gasteiger partial charge >= 0.3 is 0 Å². The first kappa shape index (κ1) is 25.7. The first-order valence-corrected chi connectivity index (χ1v) is 16.6. The molecule has 0 atom stereocenters. The summed E-state index contributed by atoms with van der Waals surface area (Å²) in [6.07, 6.45) is 0. The van der Waals surface area contributed by atoms with Crippen molar-refractivity contribution in [3.63, 3.8) is 0 Å². The molecule has 0 N–H and O–H groups in total. The van der Waals surface area contributed by atoms with Crippen LogP contribution in [-0.4, -0.2) is 4.57 Å². The molecule has 1 aliphatic heterocycles. The smallest absolute Gasteiger partial charge is 0.0547 e. The molecule has 1 nitrogen and oxygen atoms in total. The van der Waals surface area contributed by atoms with Crippen LogP contribution in [0.1, 0.15) is 0 Å². The van der Waals surface area contributed by atoms with Gasteiger partial charge in [0.25, 0.3) is 0 Å². The Hall–Kier alpha value is -5.57. The third-order valence-corrected chi connectivity index (χ3v) is 10.7. The predicted octanol–water partition coefficient (Wildman–Crippen LogP) is 12.6. The molecule has 0 radical (unpaired) electrons. The molecular formula is C44H27NS. The van der Waals surface area contributed by atoms with E-state index < -0.39 is 0 Å². The number of hydrogen-bond donors (Lipinski definition) is 0. The predicted molar refractivity (Wildman–Crippen MR) is 196 cm³/mol. The van der Waals surface area contributed by atoms with Gasteiger partial charge in [-0.25, -0.2) is 0 Å². The highest BCUT2D eigenvalue weighted by Crippen LogP contribution is 2.50. The molecule has 214 valence electrons. The lowest BCUT2D eigenvalue weighted by molar-refractivity contribution is 1.18. The van der Waals surface area contributed by atoms with Gasteiger partial charge in [-0.3, -0.25) is 0 Å². The van der Waals surface area contributed by atoms with Crippen molar-refractivity contribution in [2.24, 2.45) is 0 Å². The Morgan fingerprint density at radius 2 is 1.00 bits per heavy atom. The minimum Gasteiger partial charge on any atom is -0.309 e. The molecular weight excluding hydrogens is 575 g/mol. The van der Waals surface area contributed by atoms with E-state index in [1.807, 2.05) is 11.8 Å². The standard InChI is InChI=1S/C44H27NS/c1-2-13-29(14-3-1)45-40-22-8-6-17-34(40)39-27-38-28(26-41(39)45)12-10-19-32(38)30-15-4-5-16-31(30)33-24-25-43-44-36(33)20-11-21-37(44)35-18-7-9-23-42(35)46-43/h1-27H. The number of hydrogen-bond acceptors (Lipinski definition) is 1. The van der Waals surface area contributed by atoms with E-state index in [0.29, 0.717) is 0 Å². The largest absolute Gasteiger partial charge is 0.309 e. The van der Waals surface area contributed by atoms with Crippen molar-refractivity contribution in [1.29, 1.82) is 0 Å². The summed E-state index contributed by atoms with van der Waals surface area (Å²) in [4.78, 5) is 2.65. The number of rotatable bonds is 3. The zero-order valence-electron chi connectivity index (χ0n) is 24.9. The molecule has 0 saturated heterocycles. The van der Waals surface area contributed by atoms with E-state index in [-0.39, 0.29) is 0 Å². The summed E-state index contributed by atoms with van der Waals surface area (Å²) in [6.45, 7) is 0. The number of benzene rings is 8. The zero-order chi connectivity index (χ0) is 30.2. The van der Waals surface area contributed by atoms with Crippen molar-refractivity contribution in [3.05, 3.63) is 164 Å². The van der Waals surface area contributed by atoms with Crippen LogP contribution in [0.25, 0.3) is 82.4 Å². The fourth-order valence-corrected chi connectivity index (χ4v) is 8.73. The Kier molecular flexibility index (Phi) is 5.58. The summed E-state index contributed by atoms with van der Waals surface area (Å²) in [5.74, 6) is 0. The molecule has 2 heterocycles. The Morgan fingerprint density at radius 1 is 0.348 bits per heavy atom. The lowest BCUT2D eigenvalue weighted by Crippen LogP contribution is -1.95. The average molecular weight is 602 g/mol. The second kappa shape index (κ2) is 9.97. The van der Waals surface area contributed by atoms with Crippen LogP contribution in [-0.2, 0) is 0 Å². The van der Waals surface area contributed by atoms with E-state index in [4.69, 9.17) is 0 Å². The lowest BCUT2D eigenvalue weighted by Gasteiger charge is -2.22. The molecule has 1 aliphatic rings. The van der Waals surface area contributed by atoms with Gasteiger partial charge in [-0.05, 0) is 92.0 Å². The van der Waals surface area contributed by atoms with Crippen LogP contribution in [0.5, 0.6) is 0 Å². The summed E-state index contributed by atoms with van der Waals surface area (Å²) < 4.78 is 2.40. The van der Waals surface area contributed by atoms with Crippen LogP contribution < -0.4 is 0 Å².